The third kappa shape index (κ3) is 10.3. The van der Waals surface area contributed by atoms with Crippen LogP contribution in [0, 0.1) is 5.82 Å². The molecule has 3 aliphatic heterocycles. The standard InChI is InChI=1S/C50H59BrFN10O6P/c1-6-30-25-39(56-49-53-29-35(51)47(58-49)55-38-12-11-37-34(46(38)69(4,5)66)10-9-32(7-2)54-37)43(67-8-3)28-41(30)61-19-16-33(17-20-61)60-23-21-59(22-24-60)18-15-31-26-44-42(27-36(31)52)62(50(65)68-44)40-13-14-45(63)57-48(40)64/h9-12,25-29,33,40H,6-8,13-24H2,1-5H3,(H,57,63,64)(H2,53,55,56,58). The molecule has 1 unspecified atom stereocenters. The van der Waals surface area contributed by atoms with Crippen molar-refractivity contribution in [3.63, 3.8) is 0 Å². The lowest BCUT2D eigenvalue weighted by Crippen LogP contribution is -2.53. The molecule has 3 saturated heterocycles. The minimum Gasteiger partial charge on any atom is -0.492 e. The number of ether oxygens (including phenoxy) is 1. The van der Waals surface area contributed by atoms with Crippen molar-refractivity contribution in [2.24, 2.45) is 0 Å². The number of carbonyl (C=O) groups is 2. The molecule has 3 aromatic carbocycles. The number of carbonyl (C=O) groups excluding carboxylic acids is 2. The van der Waals surface area contributed by atoms with Crippen molar-refractivity contribution in [1.29, 1.82) is 0 Å². The average Bonchev–Trinajstić information content (AvgIpc) is 3.65. The highest BCUT2D eigenvalue weighted by Gasteiger charge is 2.33. The minimum absolute atomic E-state index is 0.0954. The van der Waals surface area contributed by atoms with Gasteiger partial charge in [0.2, 0.25) is 17.8 Å². The van der Waals surface area contributed by atoms with Crippen LogP contribution in [0.5, 0.6) is 5.75 Å². The molecule has 19 heteroatoms. The van der Waals surface area contributed by atoms with Crippen LogP contribution >= 0.6 is 23.1 Å². The van der Waals surface area contributed by atoms with Gasteiger partial charge in [0.15, 0.2) is 5.58 Å². The molecule has 3 fully saturated rings. The molecule has 6 heterocycles. The lowest BCUT2D eigenvalue weighted by atomic mass is 9.99. The fraction of sp³-hybridized carbons (Fsp3) is 0.440. The Bertz CT molecular complexity index is 3030. The molecule has 69 heavy (non-hydrogen) atoms. The van der Waals surface area contributed by atoms with Crippen LogP contribution in [0.3, 0.4) is 0 Å². The Morgan fingerprint density at radius 2 is 1.68 bits per heavy atom. The second kappa shape index (κ2) is 20.3. The highest BCUT2D eigenvalue weighted by Crippen LogP contribution is 2.42. The first-order valence-corrected chi connectivity index (χ1v) is 27.3. The van der Waals surface area contributed by atoms with Crippen LogP contribution in [0.1, 0.15) is 69.3 Å². The van der Waals surface area contributed by atoms with Gasteiger partial charge in [0, 0.05) is 98.7 Å². The number of rotatable bonds is 15. The zero-order valence-electron chi connectivity index (χ0n) is 39.7. The molecular formula is C50H59BrFN10O6P. The largest absolute Gasteiger partial charge is 0.492 e. The zero-order valence-corrected chi connectivity index (χ0v) is 42.2. The smallest absolute Gasteiger partial charge is 0.420 e. The van der Waals surface area contributed by atoms with Gasteiger partial charge in [-0.2, -0.15) is 4.98 Å². The van der Waals surface area contributed by atoms with E-state index in [1.165, 1.54) is 17.3 Å². The van der Waals surface area contributed by atoms with Crippen molar-refractivity contribution in [2.75, 3.05) is 81.3 Å². The third-order valence-corrected chi connectivity index (χ3v) is 15.8. The van der Waals surface area contributed by atoms with Gasteiger partial charge < -0.3 is 34.2 Å². The van der Waals surface area contributed by atoms with E-state index >= 15 is 4.39 Å². The zero-order chi connectivity index (χ0) is 48.6. The molecule has 16 nitrogen and oxygen atoms in total. The number of hydrogen-bond acceptors (Lipinski definition) is 14. The van der Waals surface area contributed by atoms with E-state index in [-0.39, 0.29) is 23.9 Å². The summed E-state index contributed by atoms with van der Waals surface area (Å²) in [6.07, 6.45) is 6.10. The molecule has 0 bridgehead atoms. The second-order valence-electron chi connectivity index (χ2n) is 18.4. The number of nitrogens with zero attached hydrogens (tertiary/aromatic N) is 7. The molecule has 1 atom stereocenters. The lowest BCUT2D eigenvalue weighted by molar-refractivity contribution is -0.135. The predicted octanol–water partition coefficient (Wildman–Crippen LogP) is 7.90. The summed E-state index contributed by atoms with van der Waals surface area (Å²) in [6, 6.07) is 14.5. The maximum atomic E-state index is 15.5. The Hall–Kier alpha value is -5.68. The summed E-state index contributed by atoms with van der Waals surface area (Å²) in [5.41, 5.74) is 6.51. The van der Waals surface area contributed by atoms with Crippen LogP contribution < -0.4 is 36.6 Å². The maximum absolute atomic E-state index is 15.5. The molecule has 0 radical (unpaired) electrons. The molecule has 6 aromatic rings. The number of pyridine rings is 1. The lowest BCUT2D eigenvalue weighted by Gasteiger charge is -2.43. The van der Waals surface area contributed by atoms with Crippen molar-refractivity contribution >= 4 is 91.0 Å². The van der Waals surface area contributed by atoms with E-state index < -0.39 is 36.6 Å². The summed E-state index contributed by atoms with van der Waals surface area (Å²) in [5, 5.41) is 10.7. The van der Waals surface area contributed by atoms with Crippen LogP contribution in [0.4, 0.5) is 33.2 Å². The van der Waals surface area contributed by atoms with E-state index in [2.05, 4.69) is 77.5 Å². The van der Waals surface area contributed by atoms with Crippen molar-refractivity contribution < 1.29 is 27.7 Å². The second-order valence-corrected chi connectivity index (χ2v) is 22.4. The molecule has 3 aromatic heterocycles. The van der Waals surface area contributed by atoms with Gasteiger partial charge in [0.1, 0.15) is 30.6 Å². The number of piperidine rings is 2. The van der Waals surface area contributed by atoms with Gasteiger partial charge in [0.05, 0.1) is 33.5 Å². The fourth-order valence-electron chi connectivity index (χ4n) is 10.1. The molecule has 0 spiro atoms. The summed E-state index contributed by atoms with van der Waals surface area (Å²) in [4.78, 5) is 58.6. The fourth-order valence-corrected chi connectivity index (χ4v) is 11.8. The number of oxazole rings is 1. The number of piperazine rings is 1. The van der Waals surface area contributed by atoms with Crippen molar-refractivity contribution in [1.82, 2.24) is 34.6 Å². The summed E-state index contributed by atoms with van der Waals surface area (Å²) < 4.78 is 42.7. The normalized spacial score (nSPS) is 17.7. The first kappa shape index (κ1) is 48.3. The van der Waals surface area contributed by atoms with Crippen LogP contribution in [0.25, 0.3) is 22.0 Å². The van der Waals surface area contributed by atoms with Crippen LogP contribution in [-0.2, 0) is 33.4 Å². The van der Waals surface area contributed by atoms with E-state index in [1.54, 1.807) is 25.6 Å². The van der Waals surface area contributed by atoms with Gasteiger partial charge in [-0.3, -0.25) is 29.4 Å². The molecule has 364 valence electrons. The van der Waals surface area contributed by atoms with E-state index in [9.17, 15) is 18.9 Å². The first-order chi connectivity index (χ1) is 33.2. The molecule has 2 amide bonds. The number of amides is 2. The van der Waals surface area contributed by atoms with E-state index in [0.717, 1.165) is 97.1 Å². The summed E-state index contributed by atoms with van der Waals surface area (Å²) >= 11 is 3.63. The Morgan fingerprint density at radius 3 is 2.39 bits per heavy atom. The maximum Gasteiger partial charge on any atom is 0.420 e. The Balaban J connectivity index is 0.819. The molecule has 3 N–H and O–H groups in total. The summed E-state index contributed by atoms with van der Waals surface area (Å²) in [7, 11) is -2.75. The van der Waals surface area contributed by atoms with Crippen LogP contribution in [-0.4, -0.2) is 113 Å². The molecule has 0 aliphatic carbocycles. The number of benzene rings is 3. The molecular weight excluding hydrogens is 966 g/mol. The topological polar surface area (TPSA) is 180 Å². The Labute approximate surface area is 408 Å². The number of halogens is 2. The number of fused-ring (bicyclic) bond motifs is 2. The van der Waals surface area contributed by atoms with Gasteiger partial charge >= 0.3 is 5.76 Å². The third-order valence-electron chi connectivity index (χ3n) is 13.6. The van der Waals surface area contributed by atoms with Crippen molar-refractivity contribution in [3.8, 4) is 5.75 Å². The number of nitrogens with one attached hydrogen (secondary N) is 3. The summed E-state index contributed by atoms with van der Waals surface area (Å²) in [5.74, 6) is -0.557. The van der Waals surface area contributed by atoms with Gasteiger partial charge in [-0.1, -0.05) is 19.9 Å². The number of aryl methyl sites for hydroxylation is 2. The van der Waals surface area contributed by atoms with Crippen LogP contribution in [0.2, 0.25) is 0 Å². The monoisotopic (exact) mass is 1020 g/mol. The quantitative estimate of drug-likeness (QED) is 0.0668. The highest BCUT2D eigenvalue weighted by molar-refractivity contribution is 9.10. The Kier molecular flexibility index (Phi) is 14.3. The number of imide groups is 1. The number of hydrogen-bond donors (Lipinski definition) is 3. The van der Waals surface area contributed by atoms with E-state index in [1.807, 2.05) is 31.2 Å². The minimum atomic E-state index is -2.75. The molecule has 9 rings (SSSR count). The Morgan fingerprint density at radius 1 is 0.899 bits per heavy atom. The molecule has 3 aliphatic rings. The first-order valence-electron chi connectivity index (χ1n) is 23.9. The van der Waals surface area contributed by atoms with E-state index in [4.69, 9.17) is 19.1 Å². The summed E-state index contributed by atoms with van der Waals surface area (Å²) in [6.45, 7) is 16.3. The highest BCUT2D eigenvalue weighted by atomic mass is 79.9. The average molecular weight is 1030 g/mol. The van der Waals surface area contributed by atoms with Gasteiger partial charge in [-0.25, -0.2) is 14.2 Å². The molecule has 0 saturated carbocycles. The van der Waals surface area contributed by atoms with Crippen molar-refractivity contribution in [2.45, 2.75) is 77.8 Å². The van der Waals surface area contributed by atoms with Crippen molar-refractivity contribution in [3.05, 3.63) is 92.4 Å². The van der Waals surface area contributed by atoms with Crippen LogP contribution in [0.15, 0.2) is 68.4 Å². The predicted molar refractivity (Wildman–Crippen MR) is 272 cm³/mol. The van der Waals surface area contributed by atoms with E-state index in [0.29, 0.717) is 58.9 Å². The van der Waals surface area contributed by atoms with Gasteiger partial charge in [0.25, 0.3) is 0 Å². The number of anilines is 5. The number of aromatic nitrogens is 4. The van der Waals surface area contributed by atoms with Gasteiger partial charge in [-0.15, -0.1) is 0 Å². The van der Waals surface area contributed by atoms with Gasteiger partial charge in [-0.05, 0) is 116 Å². The SMILES string of the molecule is CCOc1cc(N2CCC(N3CCN(CCc4cc5oc(=O)n(C6CCC(=O)NC6=O)c5cc4F)CC3)CC2)c(CC)cc1Nc1ncc(Br)c(Nc2ccc3nc(CC)ccc3c2P(C)(C)=O)n1.